The van der Waals surface area contributed by atoms with Gasteiger partial charge >= 0.3 is 9.33 Å². The Bertz CT molecular complexity index is 291. The molecule has 0 aromatic carbocycles. The van der Waals surface area contributed by atoms with Gasteiger partial charge in [0, 0.05) is 10.7 Å². The van der Waals surface area contributed by atoms with Crippen molar-refractivity contribution in [3.05, 3.63) is 0 Å². The maximum atomic E-state index is 10.6. The minimum absolute atomic E-state index is 0.193. The molecule has 0 radical (unpaired) electrons. The molecule has 0 fully saturated rings. The Hall–Kier alpha value is 0.200. The molecule has 0 aliphatic rings. The van der Waals surface area contributed by atoms with Gasteiger partial charge in [-0.05, 0) is 24.7 Å². The molecule has 110 valence electrons. The maximum Gasteiger partial charge on any atom is 0.355 e. The van der Waals surface area contributed by atoms with Gasteiger partial charge in [-0.2, -0.15) is 8.42 Å². The lowest BCUT2D eigenvalue weighted by Gasteiger charge is -2.19. The molecule has 0 saturated carbocycles. The second-order valence-electron chi connectivity index (χ2n) is 5.16. The lowest BCUT2D eigenvalue weighted by molar-refractivity contribution is 0.275. The molecule has 0 bridgehead atoms. The second kappa shape index (κ2) is 10.0. The van der Waals surface area contributed by atoms with Crippen molar-refractivity contribution in [2.75, 3.05) is 6.61 Å². The molecule has 0 spiro atoms. The van der Waals surface area contributed by atoms with E-state index in [1.807, 2.05) is 0 Å². The summed E-state index contributed by atoms with van der Waals surface area (Å²) in [6.07, 6.45) is 8.20. The first-order valence-corrected chi connectivity index (χ1v) is 9.19. The molecule has 2 unspecified atom stereocenters. The fourth-order valence-electron chi connectivity index (χ4n) is 2.03. The van der Waals surface area contributed by atoms with E-state index < -0.39 is 9.33 Å². The minimum Gasteiger partial charge on any atom is -0.258 e. The molecule has 2 atom stereocenters. The van der Waals surface area contributed by atoms with Gasteiger partial charge in [-0.15, -0.1) is 0 Å². The molecular weight excluding hydrogens is 272 g/mol. The van der Waals surface area contributed by atoms with Gasteiger partial charge in [0.15, 0.2) is 0 Å². The second-order valence-corrected chi connectivity index (χ2v) is 7.32. The molecule has 0 aliphatic heterocycles. The van der Waals surface area contributed by atoms with Gasteiger partial charge in [-0.1, -0.05) is 52.9 Å². The smallest absolute Gasteiger partial charge is 0.258 e. The van der Waals surface area contributed by atoms with Crippen LogP contribution in [-0.2, 0) is 13.5 Å². The van der Waals surface area contributed by atoms with Crippen LogP contribution < -0.4 is 0 Å². The summed E-state index contributed by atoms with van der Waals surface area (Å²) in [5, 5.41) is 0. The van der Waals surface area contributed by atoms with Crippen LogP contribution in [0.25, 0.3) is 0 Å². The van der Waals surface area contributed by atoms with Crippen molar-refractivity contribution in [3.63, 3.8) is 0 Å². The van der Waals surface area contributed by atoms with Crippen LogP contribution in [0.3, 0.4) is 0 Å². The minimum atomic E-state index is -3.79. The van der Waals surface area contributed by atoms with Crippen LogP contribution in [-0.4, -0.2) is 15.0 Å². The molecule has 0 saturated heterocycles. The fourth-order valence-corrected chi connectivity index (χ4v) is 2.53. The van der Waals surface area contributed by atoms with E-state index in [0.717, 1.165) is 12.8 Å². The molecule has 0 N–H and O–H groups in total. The number of hydrogen-bond donors (Lipinski definition) is 0. The first kappa shape index (κ1) is 18.2. The average molecular weight is 299 g/mol. The van der Waals surface area contributed by atoms with Gasteiger partial charge in [0.2, 0.25) is 0 Å². The summed E-state index contributed by atoms with van der Waals surface area (Å²) in [5.41, 5.74) is 0. The lowest BCUT2D eigenvalue weighted by atomic mass is 9.87. The standard InChI is InChI=1S/C13H27ClO3S/c1-4-5-6-7-9-12(2)13(3)10-8-11-17-18(14,15)16/h12-13H,4-11H2,1-3H3. The van der Waals surface area contributed by atoms with Crippen LogP contribution in [0.4, 0.5) is 0 Å². The summed E-state index contributed by atoms with van der Waals surface area (Å²) in [5.74, 6) is 1.29. The predicted octanol–water partition coefficient (Wildman–Crippen LogP) is 4.51. The fraction of sp³-hybridized carbons (Fsp3) is 1.00. The van der Waals surface area contributed by atoms with Crippen LogP contribution in [0.5, 0.6) is 0 Å². The summed E-state index contributed by atoms with van der Waals surface area (Å²) in [7, 11) is 1.17. The van der Waals surface area contributed by atoms with Gasteiger partial charge < -0.3 is 0 Å². The largest absolute Gasteiger partial charge is 0.355 e. The molecule has 0 aliphatic carbocycles. The van der Waals surface area contributed by atoms with E-state index in [4.69, 9.17) is 10.7 Å². The topological polar surface area (TPSA) is 43.4 Å². The molecule has 3 nitrogen and oxygen atoms in total. The van der Waals surface area contributed by atoms with E-state index in [1.54, 1.807) is 0 Å². The Labute approximate surface area is 117 Å². The van der Waals surface area contributed by atoms with E-state index in [-0.39, 0.29) is 6.61 Å². The van der Waals surface area contributed by atoms with Crippen molar-refractivity contribution in [2.24, 2.45) is 11.8 Å². The molecule has 18 heavy (non-hydrogen) atoms. The van der Waals surface area contributed by atoms with Crippen LogP contribution in [0.1, 0.15) is 65.7 Å². The zero-order valence-electron chi connectivity index (χ0n) is 11.8. The Morgan fingerprint density at radius 1 is 1.00 bits per heavy atom. The average Bonchev–Trinajstić information content (AvgIpc) is 2.28. The van der Waals surface area contributed by atoms with Gasteiger partial charge in [0.1, 0.15) is 0 Å². The highest BCUT2D eigenvalue weighted by atomic mass is 35.7. The highest BCUT2D eigenvalue weighted by Crippen LogP contribution is 2.22. The highest BCUT2D eigenvalue weighted by molar-refractivity contribution is 8.09. The summed E-state index contributed by atoms with van der Waals surface area (Å²) in [6, 6.07) is 0. The van der Waals surface area contributed by atoms with E-state index in [0.29, 0.717) is 11.8 Å². The quantitative estimate of drug-likeness (QED) is 0.416. The van der Waals surface area contributed by atoms with Crippen LogP contribution in [0.2, 0.25) is 0 Å². The molecule has 0 rings (SSSR count). The summed E-state index contributed by atoms with van der Waals surface area (Å²) >= 11 is 0. The lowest BCUT2D eigenvalue weighted by Crippen LogP contribution is -2.10. The van der Waals surface area contributed by atoms with Gasteiger partial charge in [-0.3, -0.25) is 4.18 Å². The van der Waals surface area contributed by atoms with Crippen LogP contribution in [0.15, 0.2) is 0 Å². The van der Waals surface area contributed by atoms with E-state index in [2.05, 4.69) is 25.0 Å². The Morgan fingerprint density at radius 2 is 1.56 bits per heavy atom. The van der Waals surface area contributed by atoms with Crippen molar-refractivity contribution in [3.8, 4) is 0 Å². The maximum absolute atomic E-state index is 10.6. The zero-order chi connectivity index (χ0) is 14.0. The molecule has 0 aromatic heterocycles. The third kappa shape index (κ3) is 11.3. The third-order valence-corrected chi connectivity index (χ3v) is 4.23. The van der Waals surface area contributed by atoms with Gasteiger partial charge in [0.05, 0.1) is 6.61 Å². The number of halogens is 1. The van der Waals surface area contributed by atoms with Crippen LogP contribution >= 0.6 is 10.7 Å². The Balaban J connectivity index is 3.58. The first-order chi connectivity index (χ1) is 8.37. The van der Waals surface area contributed by atoms with E-state index >= 15 is 0 Å². The summed E-state index contributed by atoms with van der Waals surface area (Å²) in [4.78, 5) is 0. The Kier molecular flexibility index (Phi) is 10.2. The van der Waals surface area contributed by atoms with E-state index in [1.165, 1.54) is 32.1 Å². The zero-order valence-corrected chi connectivity index (χ0v) is 13.4. The Morgan fingerprint density at radius 3 is 2.06 bits per heavy atom. The number of rotatable bonds is 11. The number of unbranched alkanes of at least 4 members (excludes halogenated alkanes) is 3. The molecule has 0 amide bonds. The van der Waals surface area contributed by atoms with Crippen molar-refractivity contribution in [2.45, 2.75) is 65.7 Å². The van der Waals surface area contributed by atoms with Gasteiger partial charge in [-0.25, -0.2) is 0 Å². The van der Waals surface area contributed by atoms with Crippen LogP contribution in [0, 0.1) is 11.8 Å². The van der Waals surface area contributed by atoms with Gasteiger partial charge in [0.25, 0.3) is 0 Å². The van der Waals surface area contributed by atoms with Crippen molar-refractivity contribution < 1.29 is 12.6 Å². The summed E-state index contributed by atoms with van der Waals surface area (Å²) in [6.45, 7) is 6.91. The third-order valence-electron chi connectivity index (χ3n) is 3.51. The number of hydrogen-bond acceptors (Lipinski definition) is 3. The summed E-state index contributed by atoms with van der Waals surface area (Å²) < 4.78 is 25.6. The highest BCUT2D eigenvalue weighted by Gasteiger charge is 2.12. The monoisotopic (exact) mass is 298 g/mol. The van der Waals surface area contributed by atoms with Crippen molar-refractivity contribution in [1.29, 1.82) is 0 Å². The molecule has 5 heteroatoms. The van der Waals surface area contributed by atoms with E-state index in [9.17, 15) is 8.42 Å². The normalized spacial score (nSPS) is 15.6. The first-order valence-electron chi connectivity index (χ1n) is 6.95. The predicted molar refractivity (Wildman–Crippen MR) is 77.0 cm³/mol. The SMILES string of the molecule is CCCCCCC(C)C(C)CCCOS(=O)(=O)Cl. The van der Waals surface area contributed by atoms with Crippen molar-refractivity contribution >= 4 is 20.0 Å². The molecule has 0 aromatic rings. The molecule has 0 heterocycles. The van der Waals surface area contributed by atoms with Crippen molar-refractivity contribution in [1.82, 2.24) is 0 Å². The molecular formula is C13H27ClO3S.